The van der Waals surface area contributed by atoms with Crippen LogP contribution in [0.3, 0.4) is 0 Å². The summed E-state index contributed by atoms with van der Waals surface area (Å²) in [6.45, 7) is 1.89. The van der Waals surface area contributed by atoms with Crippen LogP contribution < -0.4 is 0 Å². The number of carbonyl (C=O) groups excluding carboxylic acids is 1. The van der Waals surface area contributed by atoms with Crippen LogP contribution in [-0.4, -0.2) is 15.8 Å². The van der Waals surface area contributed by atoms with Crippen LogP contribution in [0.25, 0.3) is 10.9 Å². The minimum Gasteiger partial charge on any atom is -0.289 e. The van der Waals surface area contributed by atoms with E-state index in [2.05, 4.69) is 9.97 Å². The van der Waals surface area contributed by atoms with E-state index in [-0.39, 0.29) is 5.78 Å². The van der Waals surface area contributed by atoms with Gasteiger partial charge in [-0.3, -0.25) is 14.8 Å². The van der Waals surface area contributed by atoms with Crippen molar-refractivity contribution in [2.24, 2.45) is 0 Å². The lowest BCUT2D eigenvalue weighted by Gasteiger charge is -2.06. The lowest BCUT2D eigenvalue weighted by Crippen LogP contribution is -2.05. The fourth-order valence-electron chi connectivity index (χ4n) is 2.16. The summed E-state index contributed by atoms with van der Waals surface area (Å²) in [5.41, 5.74) is 2.92. The minimum atomic E-state index is -0.0100. The van der Waals surface area contributed by atoms with E-state index in [0.717, 1.165) is 16.5 Å². The van der Waals surface area contributed by atoms with Gasteiger partial charge in [0.1, 0.15) is 0 Å². The summed E-state index contributed by atoms with van der Waals surface area (Å²) in [7, 11) is 0. The quantitative estimate of drug-likeness (QED) is 0.654. The van der Waals surface area contributed by atoms with Gasteiger partial charge in [-0.15, -0.1) is 0 Å². The molecule has 0 amide bonds. The van der Waals surface area contributed by atoms with Gasteiger partial charge in [0.2, 0.25) is 0 Å². The maximum Gasteiger partial charge on any atom is 0.195 e. The molecule has 0 fully saturated rings. The molecular formula is C16H12N2O. The van der Waals surface area contributed by atoms with Crippen LogP contribution in [0.5, 0.6) is 0 Å². The Balaban J connectivity index is 2.20. The molecule has 3 heteroatoms. The van der Waals surface area contributed by atoms with Gasteiger partial charge >= 0.3 is 0 Å². The first kappa shape index (κ1) is 11.5. The second-order valence-corrected chi connectivity index (χ2v) is 4.40. The third-order valence-electron chi connectivity index (χ3n) is 3.14. The summed E-state index contributed by atoms with van der Waals surface area (Å²) < 4.78 is 0. The van der Waals surface area contributed by atoms with Gasteiger partial charge in [0.25, 0.3) is 0 Å². The van der Waals surface area contributed by atoms with E-state index in [1.807, 2.05) is 37.3 Å². The number of rotatable bonds is 2. The van der Waals surface area contributed by atoms with Crippen molar-refractivity contribution in [2.75, 3.05) is 0 Å². The Morgan fingerprint density at radius 1 is 1.00 bits per heavy atom. The second-order valence-electron chi connectivity index (χ2n) is 4.40. The Bertz CT molecular complexity index is 760. The summed E-state index contributed by atoms with van der Waals surface area (Å²) in [5, 5.41) is 0.972. The molecule has 0 atom stereocenters. The van der Waals surface area contributed by atoms with Crippen molar-refractivity contribution in [3.63, 3.8) is 0 Å². The van der Waals surface area contributed by atoms with Crippen molar-refractivity contribution in [3.05, 3.63) is 71.7 Å². The molecule has 0 bridgehead atoms. The zero-order valence-electron chi connectivity index (χ0n) is 10.5. The number of para-hydroxylation sites is 1. The highest BCUT2D eigenvalue weighted by atomic mass is 16.1. The molecule has 1 aromatic carbocycles. The van der Waals surface area contributed by atoms with Crippen molar-refractivity contribution in [3.8, 4) is 0 Å². The van der Waals surface area contributed by atoms with E-state index in [9.17, 15) is 4.79 Å². The van der Waals surface area contributed by atoms with Crippen molar-refractivity contribution in [2.45, 2.75) is 6.92 Å². The first-order chi connectivity index (χ1) is 9.27. The molecule has 3 nitrogen and oxygen atoms in total. The molecule has 0 radical (unpaired) electrons. The molecule has 0 aliphatic rings. The number of pyridine rings is 2. The standard InChI is InChI=1S/C16H12N2O/c1-11-10-17-9-7-13(11)16(19)14-6-2-4-12-5-3-8-18-15(12)14/h2-10H,1H3. The van der Waals surface area contributed by atoms with E-state index in [1.54, 1.807) is 24.7 Å². The summed E-state index contributed by atoms with van der Waals surface area (Å²) in [5.74, 6) is -0.0100. The largest absolute Gasteiger partial charge is 0.289 e. The molecule has 0 saturated carbocycles. The maximum absolute atomic E-state index is 12.6. The molecule has 2 aromatic heterocycles. The number of nitrogens with zero attached hydrogens (tertiary/aromatic N) is 2. The minimum absolute atomic E-state index is 0.0100. The van der Waals surface area contributed by atoms with Gasteiger partial charge in [0.15, 0.2) is 5.78 Å². The first-order valence-electron chi connectivity index (χ1n) is 6.06. The number of fused-ring (bicyclic) bond motifs is 1. The number of hydrogen-bond acceptors (Lipinski definition) is 3. The fourth-order valence-corrected chi connectivity index (χ4v) is 2.16. The topological polar surface area (TPSA) is 42.9 Å². The van der Waals surface area contributed by atoms with Crippen molar-refractivity contribution in [1.29, 1.82) is 0 Å². The number of aromatic nitrogens is 2. The number of aryl methyl sites for hydroxylation is 1. The Kier molecular flexibility index (Phi) is 2.80. The average Bonchev–Trinajstić information content (AvgIpc) is 2.46. The average molecular weight is 248 g/mol. The number of benzene rings is 1. The second kappa shape index (κ2) is 4.61. The van der Waals surface area contributed by atoms with Gasteiger partial charge in [-0.1, -0.05) is 18.2 Å². The predicted molar refractivity (Wildman–Crippen MR) is 74.1 cm³/mol. The van der Waals surface area contributed by atoms with Crippen molar-refractivity contribution in [1.82, 2.24) is 9.97 Å². The number of ketones is 1. The van der Waals surface area contributed by atoms with Gasteiger partial charge < -0.3 is 0 Å². The third kappa shape index (κ3) is 1.99. The van der Waals surface area contributed by atoms with Crippen LogP contribution in [0.1, 0.15) is 21.5 Å². The SMILES string of the molecule is Cc1cnccc1C(=O)c1cccc2cccnc12. The van der Waals surface area contributed by atoms with Crippen LogP contribution in [0.15, 0.2) is 55.0 Å². The Hall–Kier alpha value is -2.55. The summed E-state index contributed by atoms with van der Waals surface area (Å²) in [6, 6.07) is 11.2. The lowest BCUT2D eigenvalue weighted by atomic mass is 9.98. The molecule has 0 spiro atoms. The molecule has 3 rings (SSSR count). The molecule has 0 unspecified atom stereocenters. The third-order valence-corrected chi connectivity index (χ3v) is 3.14. The first-order valence-corrected chi connectivity index (χ1v) is 6.06. The van der Waals surface area contributed by atoms with E-state index < -0.39 is 0 Å². The maximum atomic E-state index is 12.6. The van der Waals surface area contributed by atoms with E-state index in [4.69, 9.17) is 0 Å². The van der Waals surface area contributed by atoms with Gasteiger partial charge in [0, 0.05) is 35.1 Å². The van der Waals surface area contributed by atoms with Crippen LogP contribution >= 0.6 is 0 Å². The summed E-state index contributed by atoms with van der Waals surface area (Å²) in [4.78, 5) is 20.9. The number of carbonyl (C=O) groups is 1. The highest BCUT2D eigenvalue weighted by molar-refractivity contribution is 6.16. The summed E-state index contributed by atoms with van der Waals surface area (Å²) in [6.07, 6.45) is 5.04. The molecular weight excluding hydrogens is 236 g/mol. The fraction of sp³-hybridized carbons (Fsp3) is 0.0625. The smallest absolute Gasteiger partial charge is 0.195 e. The highest BCUT2D eigenvalue weighted by Gasteiger charge is 2.14. The zero-order chi connectivity index (χ0) is 13.2. The van der Waals surface area contributed by atoms with E-state index in [0.29, 0.717) is 11.1 Å². The monoisotopic (exact) mass is 248 g/mol. The van der Waals surface area contributed by atoms with Crippen LogP contribution in [-0.2, 0) is 0 Å². The molecule has 2 heterocycles. The van der Waals surface area contributed by atoms with Crippen molar-refractivity contribution < 1.29 is 4.79 Å². The van der Waals surface area contributed by atoms with E-state index in [1.165, 1.54) is 0 Å². The lowest BCUT2D eigenvalue weighted by molar-refractivity contribution is 0.103. The molecule has 0 aliphatic heterocycles. The van der Waals surface area contributed by atoms with Gasteiger partial charge in [-0.25, -0.2) is 0 Å². The molecule has 0 N–H and O–H groups in total. The highest BCUT2D eigenvalue weighted by Crippen LogP contribution is 2.20. The Morgan fingerprint density at radius 3 is 2.68 bits per heavy atom. The zero-order valence-corrected chi connectivity index (χ0v) is 10.5. The molecule has 0 aliphatic carbocycles. The normalized spacial score (nSPS) is 10.6. The molecule has 0 saturated heterocycles. The predicted octanol–water partition coefficient (Wildman–Crippen LogP) is 3.17. The molecule has 3 aromatic rings. The van der Waals surface area contributed by atoms with Crippen molar-refractivity contribution >= 4 is 16.7 Å². The summed E-state index contributed by atoms with van der Waals surface area (Å²) >= 11 is 0. The molecule has 92 valence electrons. The van der Waals surface area contributed by atoms with Crippen LogP contribution in [0, 0.1) is 6.92 Å². The molecule has 19 heavy (non-hydrogen) atoms. The van der Waals surface area contributed by atoms with Gasteiger partial charge in [-0.2, -0.15) is 0 Å². The van der Waals surface area contributed by atoms with Gasteiger partial charge in [-0.05, 0) is 30.7 Å². The number of hydrogen-bond donors (Lipinski definition) is 0. The van der Waals surface area contributed by atoms with Crippen LogP contribution in [0.2, 0.25) is 0 Å². The Morgan fingerprint density at radius 2 is 1.84 bits per heavy atom. The Labute approximate surface area is 111 Å². The van der Waals surface area contributed by atoms with Crippen LogP contribution in [0.4, 0.5) is 0 Å². The van der Waals surface area contributed by atoms with Gasteiger partial charge in [0.05, 0.1) is 5.52 Å². The van der Waals surface area contributed by atoms with E-state index >= 15 is 0 Å².